The van der Waals surface area contributed by atoms with Crippen molar-refractivity contribution in [3.8, 4) is 0 Å². The van der Waals surface area contributed by atoms with E-state index >= 15 is 0 Å². The SMILES string of the molecule is COCC(C)Nc1nc(C)c(N=Nc2ccc(C)cc2)c(NC(C)COC)n1. The van der Waals surface area contributed by atoms with Crippen molar-refractivity contribution in [2.45, 2.75) is 39.8 Å². The van der Waals surface area contributed by atoms with E-state index in [2.05, 4.69) is 30.8 Å². The molecule has 0 aliphatic rings. The number of methoxy groups -OCH3 is 2. The van der Waals surface area contributed by atoms with Crippen molar-refractivity contribution >= 4 is 23.1 Å². The first-order valence-corrected chi connectivity index (χ1v) is 9.31. The first-order chi connectivity index (χ1) is 13.4. The Morgan fingerprint density at radius 2 is 1.50 bits per heavy atom. The van der Waals surface area contributed by atoms with Crippen LogP contribution in [0.25, 0.3) is 0 Å². The number of anilines is 2. The number of nitrogens with one attached hydrogen (secondary N) is 2. The Morgan fingerprint density at radius 1 is 0.893 bits per heavy atom. The van der Waals surface area contributed by atoms with Gasteiger partial charge in [-0.05, 0) is 39.8 Å². The van der Waals surface area contributed by atoms with E-state index in [-0.39, 0.29) is 12.1 Å². The van der Waals surface area contributed by atoms with Gasteiger partial charge in [0, 0.05) is 26.3 Å². The van der Waals surface area contributed by atoms with Gasteiger partial charge in [-0.3, -0.25) is 0 Å². The summed E-state index contributed by atoms with van der Waals surface area (Å²) < 4.78 is 10.4. The molecule has 152 valence electrons. The monoisotopic (exact) mass is 386 g/mol. The van der Waals surface area contributed by atoms with E-state index in [1.165, 1.54) is 5.56 Å². The van der Waals surface area contributed by atoms with Gasteiger partial charge in [0.2, 0.25) is 5.95 Å². The minimum Gasteiger partial charge on any atom is -0.383 e. The van der Waals surface area contributed by atoms with Crippen LogP contribution in [0, 0.1) is 13.8 Å². The minimum atomic E-state index is 0.0527. The lowest BCUT2D eigenvalue weighted by Gasteiger charge is -2.18. The number of azo groups is 1. The van der Waals surface area contributed by atoms with Crippen LogP contribution in [0.5, 0.6) is 0 Å². The summed E-state index contributed by atoms with van der Waals surface area (Å²) in [6.45, 7) is 9.05. The van der Waals surface area contributed by atoms with E-state index in [4.69, 9.17) is 9.47 Å². The van der Waals surface area contributed by atoms with Gasteiger partial charge in [0.15, 0.2) is 5.82 Å². The molecule has 0 saturated heterocycles. The van der Waals surface area contributed by atoms with Crippen molar-refractivity contribution in [3.63, 3.8) is 0 Å². The average Bonchev–Trinajstić information content (AvgIpc) is 2.63. The average molecular weight is 387 g/mol. The second-order valence-electron chi connectivity index (χ2n) is 6.87. The van der Waals surface area contributed by atoms with Gasteiger partial charge >= 0.3 is 0 Å². The third kappa shape index (κ3) is 6.54. The lowest BCUT2D eigenvalue weighted by atomic mass is 10.2. The molecule has 2 unspecified atom stereocenters. The molecule has 0 aliphatic heterocycles. The Labute approximate surface area is 166 Å². The third-order valence-electron chi connectivity index (χ3n) is 3.95. The maximum atomic E-state index is 5.22. The highest BCUT2D eigenvalue weighted by Gasteiger charge is 2.15. The molecule has 1 aromatic carbocycles. The largest absolute Gasteiger partial charge is 0.383 e. The van der Waals surface area contributed by atoms with Crippen LogP contribution in [0.2, 0.25) is 0 Å². The normalized spacial score (nSPS) is 13.5. The molecule has 8 nitrogen and oxygen atoms in total. The number of aromatic nitrogens is 2. The van der Waals surface area contributed by atoms with Crippen molar-refractivity contribution in [1.29, 1.82) is 0 Å². The maximum absolute atomic E-state index is 5.22. The van der Waals surface area contributed by atoms with Crippen LogP contribution < -0.4 is 10.6 Å². The van der Waals surface area contributed by atoms with E-state index < -0.39 is 0 Å². The fourth-order valence-corrected chi connectivity index (χ4v) is 2.61. The van der Waals surface area contributed by atoms with Crippen LogP contribution in [-0.2, 0) is 9.47 Å². The molecule has 1 aromatic heterocycles. The standard InChI is InChI=1S/C20H30N6O2/c1-13-7-9-17(10-8-13)25-26-18-16(4)23-20(22-15(3)12-28-6)24-19(18)21-14(2)11-27-5/h7-10,14-15H,11-12H2,1-6H3,(H2,21,22,23,24). The fourth-order valence-electron chi connectivity index (χ4n) is 2.61. The third-order valence-corrected chi connectivity index (χ3v) is 3.95. The molecule has 28 heavy (non-hydrogen) atoms. The van der Waals surface area contributed by atoms with Crippen molar-refractivity contribution in [2.75, 3.05) is 38.1 Å². The molecule has 0 bridgehead atoms. The van der Waals surface area contributed by atoms with E-state index in [0.29, 0.717) is 30.7 Å². The summed E-state index contributed by atoms with van der Waals surface area (Å²) in [4.78, 5) is 9.14. The molecule has 0 radical (unpaired) electrons. The van der Waals surface area contributed by atoms with E-state index in [9.17, 15) is 0 Å². The number of ether oxygens (including phenoxy) is 2. The molecule has 2 rings (SSSR count). The number of nitrogens with zero attached hydrogens (tertiary/aromatic N) is 4. The quantitative estimate of drug-likeness (QED) is 0.588. The second-order valence-corrected chi connectivity index (χ2v) is 6.87. The van der Waals surface area contributed by atoms with Crippen LogP contribution >= 0.6 is 0 Å². The zero-order valence-electron chi connectivity index (χ0n) is 17.5. The molecular weight excluding hydrogens is 356 g/mol. The molecule has 0 aliphatic carbocycles. The Hall–Kier alpha value is -2.58. The molecule has 0 amide bonds. The Bertz CT molecular complexity index is 779. The summed E-state index contributed by atoms with van der Waals surface area (Å²) in [5, 5.41) is 15.4. The molecule has 2 N–H and O–H groups in total. The lowest BCUT2D eigenvalue weighted by molar-refractivity contribution is 0.190. The van der Waals surface area contributed by atoms with Gasteiger partial charge < -0.3 is 20.1 Å². The molecule has 0 saturated carbocycles. The zero-order chi connectivity index (χ0) is 20.5. The van der Waals surface area contributed by atoms with Crippen molar-refractivity contribution in [1.82, 2.24) is 9.97 Å². The minimum absolute atomic E-state index is 0.0527. The van der Waals surface area contributed by atoms with Crippen LogP contribution in [0.3, 0.4) is 0 Å². The van der Waals surface area contributed by atoms with Crippen molar-refractivity contribution < 1.29 is 9.47 Å². The van der Waals surface area contributed by atoms with Crippen molar-refractivity contribution in [3.05, 3.63) is 35.5 Å². The lowest BCUT2D eigenvalue weighted by Crippen LogP contribution is -2.24. The van der Waals surface area contributed by atoms with Gasteiger partial charge in [-0.1, -0.05) is 17.7 Å². The van der Waals surface area contributed by atoms with E-state index in [1.54, 1.807) is 14.2 Å². The van der Waals surface area contributed by atoms with Gasteiger partial charge in [-0.2, -0.15) is 10.1 Å². The summed E-state index contributed by atoms with van der Waals surface area (Å²) in [5.41, 5.74) is 3.28. The molecule has 0 spiro atoms. The zero-order valence-corrected chi connectivity index (χ0v) is 17.5. The first-order valence-electron chi connectivity index (χ1n) is 9.31. The highest BCUT2D eigenvalue weighted by atomic mass is 16.5. The Morgan fingerprint density at radius 3 is 2.11 bits per heavy atom. The molecular formula is C20H30N6O2. The maximum Gasteiger partial charge on any atom is 0.225 e. The Kier molecular flexibility index (Phi) is 8.28. The van der Waals surface area contributed by atoms with Gasteiger partial charge in [-0.15, -0.1) is 5.11 Å². The summed E-state index contributed by atoms with van der Waals surface area (Å²) >= 11 is 0. The van der Waals surface area contributed by atoms with Gasteiger partial charge in [0.25, 0.3) is 0 Å². The molecule has 1 heterocycles. The fraction of sp³-hybridized carbons (Fsp3) is 0.500. The molecule has 2 aromatic rings. The molecule has 8 heteroatoms. The summed E-state index contributed by atoms with van der Waals surface area (Å²) in [6, 6.07) is 7.99. The van der Waals surface area contributed by atoms with Gasteiger partial charge in [-0.25, -0.2) is 4.98 Å². The number of benzene rings is 1. The highest BCUT2D eigenvalue weighted by Crippen LogP contribution is 2.30. The van der Waals surface area contributed by atoms with Gasteiger partial charge in [0.1, 0.15) is 5.69 Å². The topological polar surface area (TPSA) is 93.0 Å². The van der Waals surface area contributed by atoms with Crippen LogP contribution in [0.1, 0.15) is 25.1 Å². The van der Waals surface area contributed by atoms with Gasteiger partial charge in [0.05, 0.1) is 24.6 Å². The van der Waals surface area contributed by atoms with Crippen molar-refractivity contribution in [2.24, 2.45) is 10.2 Å². The predicted molar refractivity (Wildman–Crippen MR) is 112 cm³/mol. The smallest absolute Gasteiger partial charge is 0.225 e. The number of rotatable bonds is 10. The number of aryl methyl sites for hydroxylation is 2. The molecule has 0 fully saturated rings. The second kappa shape index (κ2) is 10.7. The van der Waals surface area contributed by atoms with E-state index in [0.717, 1.165) is 11.4 Å². The number of hydrogen-bond acceptors (Lipinski definition) is 8. The predicted octanol–water partition coefficient (Wildman–Crippen LogP) is 4.40. The highest BCUT2D eigenvalue weighted by molar-refractivity contribution is 5.65. The summed E-state index contributed by atoms with van der Waals surface area (Å²) in [7, 11) is 3.33. The number of hydrogen-bond donors (Lipinski definition) is 2. The summed E-state index contributed by atoms with van der Waals surface area (Å²) in [5.74, 6) is 1.13. The Balaban J connectivity index is 2.33. The van der Waals surface area contributed by atoms with Crippen LogP contribution in [-0.4, -0.2) is 49.5 Å². The van der Waals surface area contributed by atoms with E-state index in [1.807, 2.05) is 52.0 Å². The molecule has 2 atom stereocenters. The first kappa shape index (κ1) is 21.7. The van der Waals surface area contributed by atoms with Crippen LogP contribution in [0.15, 0.2) is 34.5 Å². The summed E-state index contributed by atoms with van der Waals surface area (Å²) in [6.07, 6.45) is 0. The van der Waals surface area contributed by atoms with Crippen LogP contribution in [0.4, 0.5) is 23.1 Å².